The molecular formula is C18H23N7O2. The van der Waals surface area contributed by atoms with E-state index >= 15 is 0 Å². The zero-order chi connectivity index (χ0) is 19.2. The van der Waals surface area contributed by atoms with Gasteiger partial charge in [-0.3, -0.25) is 4.79 Å². The van der Waals surface area contributed by atoms with Gasteiger partial charge in [-0.1, -0.05) is 18.9 Å². The van der Waals surface area contributed by atoms with Crippen molar-refractivity contribution in [2.75, 3.05) is 23.0 Å². The summed E-state index contributed by atoms with van der Waals surface area (Å²) in [5, 5.41) is 11.6. The number of carbonyl (C=O) groups is 2. The standard InChI is InChI=1S/C18H23N7O2/c1-20-18(27)24-13-8-4-7-12(9-13)23-17-21-10-14(15(19)26)16(25-17)22-11-5-2-3-6-11/h4,7-11H,2-3,5-6H2,1H3,(H2,19,26)(H2,20,24,27)(H2,21,22,23,25). The van der Waals surface area contributed by atoms with Gasteiger partial charge in [0.15, 0.2) is 0 Å². The third kappa shape index (κ3) is 4.84. The van der Waals surface area contributed by atoms with Crippen molar-refractivity contribution in [1.29, 1.82) is 0 Å². The van der Waals surface area contributed by atoms with E-state index in [1.807, 2.05) is 6.07 Å². The van der Waals surface area contributed by atoms with E-state index in [9.17, 15) is 9.59 Å². The third-order valence-electron chi connectivity index (χ3n) is 4.35. The molecule has 0 unspecified atom stereocenters. The summed E-state index contributed by atoms with van der Waals surface area (Å²) < 4.78 is 0. The highest BCUT2D eigenvalue weighted by Gasteiger charge is 2.19. The molecule has 0 atom stereocenters. The number of aromatic nitrogens is 2. The summed E-state index contributed by atoms with van der Waals surface area (Å²) in [5.74, 6) is 0.197. The molecule has 0 aliphatic heterocycles. The SMILES string of the molecule is CNC(=O)Nc1cccc(Nc2ncc(C(N)=O)c(NC3CCCC3)n2)c1. The first-order valence-corrected chi connectivity index (χ1v) is 8.84. The molecule has 0 saturated heterocycles. The lowest BCUT2D eigenvalue weighted by molar-refractivity contribution is 0.100. The van der Waals surface area contributed by atoms with Crippen LogP contribution < -0.4 is 27.0 Å². The first kappa shape index (κ1) is 18.4. The van der Waals surface area contributed by atoms with Crippen molar-refractivity contribution in [3.05, 3.63) is 36.0 Å². The van der Waals surface area contributed by atoms with Gasteiger partial charge >= 0.3 is 6.03 Å². The molecule has 1 saturated carbocycles. The Morgan fingerprint density at radius 1 is 1.19 bits per heavy atom. The first-order chi connectivity index (χ1) is 13.0. The van der Waals surface area contributed by atoms with Crippen molar-refractivity contribution in [2.24, 2.45) is 5.73 Å². The van der Waals surface area contributed by atoms with E-state index in [0.717, 1.165) is 25.7 Å². The number of primary amides is 1. The summed E-state index contributed by atoms with van der Waals surface area (Å²) in [6.07, 6.45) is 5.81. The largest absolute Gasteiger partial charge is 0.367 e. The Morgan fingerprint density at radius 2 is 1.93 bits per heavy atom. The smallest absolute Gasteiger partial charge is 0.318 e. The lowest BCUT2D eigenvalue weighted by atomic mass is 10.2. The Labute approximate surface area is 157 Å². The fraction of sp³-hybridized carbons (Fsp3) is 0.333. The number of rotatable bonds is 6. The minimum atomic E-state index is -0.571. The number of hydrogen-bond donors (Lipinski definition) is 5. The zero-order valence-corrected chi connectivity index (χ0v) is 15.1. The molecule has 1 fully saturated rings. The molecule has 1 aromatic carbocycles. The van der Waals surface area contributed by atoms with Gasteiger partial charge in [0.05, 0.1) is 5.56 Å². The molecule has 1 heterocycles. The number of urea groups is 1. The van der Waals surface area contributed by atoms with Crippen LogP contribution in [0.1, 0.15) is 36.0 Å². The van der Waals surface area contributed by atoms with Crippen LogP contribution in [0, 0.1) is 0 Å². The quantitative estimate of drug-likeness (QED) is 0.531. The molecule has 3 amide bonds. The van der Waals surface area contributed by atoms with Crippen LogP contribution in [0.3, 0.4) is 0 Å². The molecule has 1 aliphatic carbocycles. The fourth-order valence-electron chi connectivity index (χ4n) is 2.99. The van der Waals surface area contributed by atoms with E-state index in [1.54, 1.807) is 25.2 Å². The number of anilines is 4. The number of amides is 3. The van der Waals surface area contributed by atoms with E-state index < -0.39 is 5.91 Å². The van der Waals surface area contributed by atoms with Gasteiger partial charge in [0.25, 0.3) is 5.91 Å². The maximum atomic E-state index is 11.7. The van der Waals surface area contributed by atoms with E-state index in [-0.39, 0.29) is 17.6 Å². The summed E-state index contributed by atoms with van der Waals surface area (Å²) in [6, 6.07) is 7.12. The van der Waals surface area contributed by atoms with E-state index in [0.29, 0.717) is 23.1 Å². The van der Waals surface area contributed by atoms with Crippen molar-refractivity contribution in [3.8, 4) is 0 Å². The van der Waals surface area contributed by atoms with Gasteiger partial charge in [0.2, 0.25) is 5.95 Å². The number of nitrogens with one attached hydrogen (secondary N) is 4. The minimum absolute atomic E-state index is 0.266. The van der Waals surface area contributed by atoms with Gasteiger partial charge in [0.1, 0.15) is 5.82 Å². The first-order valence-electron chi connectivity index (χ1n) is 8.84. The summed E-state index contributed by atoms with van der Waals surface area (Å²) in [4.78, 5) is 31.7. The predicted octanol–water partition coefficient (Wildman–Crippen LogP) is 2.42. The van der Waals surface area contributed by atoms with Crippen LogP contribution in [0.25, 0.3) is 0 Å². The van der Waals surface area contributed by atoms with Crippen LogP contribution in [-0.2, 0) is 0 Å². The Hall–Kier alpha value is -3.36. The van der Waals surface area contributed by atoms with Gasteiger partial charge in [-0.25, -0.2) is 9.78 Å². The number of nitrogens with zero attached hydrogens (tertiary/aromatic N) is 2. The van der Waals surface area contributed by atoms with Gasteiger partial charge in [-0.05, 0) is 31.0 Å². The summed E-state index contributed by atoms with van der Waals surface area (Å²) in [5.41, 5.74) is 7.03. The topological polar surface area (TPSA) is 134 Å². The van der Waals surface area contributed by atoms with Crippen molar-refractivity contribution in [1.82, 2.24) is 15.3 Å². The van der Waals surface area contributed by atoms with Gasteiger partial charge < -0.3 is 27.0 Å². The maximum absolute atomic E-state index is 11.7. The average molecular weight is 369 g/mol. The summed E-state index contributed by atoms with van der Waals surface area (Å²) in [7, 11) is 1.55. The van der Waals surface area contributed by atoms with Crippen LogP contribution in [0.4, 0.5) is 27.9 Å². The Balaban J connectivity index is 1.79. The lowest BCUT2D eigenvalue weighted by Gasteiger charge is -2.16. The second kappa shape index (κ2) is 8.35. The minimum Gasteiger partial charge on any atom is -0.367 e. The molecule has 9 nitrogen and oxygen atoms in total. The summed E-state index contributed by atoms with van der Waals surface area (Å²) in [6.45, 7) is 0. The monoisotopic (exact) mass is 369 g/mol. The Bertz CT molecular complexity index is 834. The molecule has 9 heteroatoms. The number of hydrogen-bond acceptors (Lipinski definition) is 6. The molecule has 3 rings (SSSR count). The Kier molecular flexibility index (Phi) is 5.70. The highest BCUT2D eigenvalue weighted by Crippen LogP contribution is 2.25. The molecular weight excluding hydrogens is 346 g/mol. The van der Waals surface area contributed by atoms with Crippen LogP contribution in [0.2, 0.25) is 0 Å². The normalized spacial score (nSPS) is 13.8. The second-order valence-electron chi connectivity index (χ2n) is 6.36. The molecule has 0 spiro atoms. The predicted molar refractivity (Wildman–Crippen MR) is 104 cm³/mol. The van der Waals surface area contributed by atoms with Crippen molar-refractivity contribution < 1.29 is 9.59 Å². The maximum Gasteiger partial charge on any atom is 0.318 e. The number of nitrogens with two attached hydrogens (primary N) is 1. The highest BCUT2D eigenvalue weighted by molar-refractivity contribution is 5.97. The molecule has 142 valence electrons. The molecule has 27 heavy (non-hydrogen) atoms. The molecule has 1 aromatic heterocycles. The van der Waals surface area contributed by atoms with Crippen molar-refractivity contribution >= 4 is 35.1 Å². The van der Waals surface area contributed by atoms with Crippen LogP contribution in [0.15, 0.2) is 30.5 Å². The molecule has 6 N–H and O–H groups in total. The molecule has 0 bridgehead atoms. The van der Waals surface area contributed by atoms with Gasteiger partial charge in [-0.15, -0.1) is 0 Å². The zero-order valence-electron chi connectivity index (χ0n) is 15.1. The van der Waals surface area contributed by atoms with E-state index in [1.165, 1.54) is 6.20 Å². The van der Waals surface area contributed by atoms with E-state index in [2.05, 4.69) is 31.2 Å². The van der Waals surface area contributed by atoms with Gasteiger partial charge in [-0.2, -0.15) is 4.98 Å². The average Bonchev–Trinajstić information content (AvgIpc) is 3.15. The van der Waals surface area contributed by atoms with Crippen LogP contribution in [0.5, 0.6) is 0 Å². The molecule has 1 aliphatic rings. The Morgan fingerprint density at radius 3 is 2.63 bits per heavy atom. The lowest BCUT2D eigenvalue weighted by Crippen LogP contribution is -2.24. The second-order valence-corrected chi connectivity index (χ2v) is 6.36. The van der Waals surface area contributed by atoms with Crippen LogP contribution in [-0.4, -0.2) is 35.0 Å². The van der Waals surface area contributed by atoms with Crippen molar-refractivity contribution in [3.63, 3.8) is 0 Å². The number of benzene rings is 1. The van der Waals surface area contributed by atoms with Gasteiger partial charge in [0, 0.05) is 30.7 Å². The fourth-order valence-corrected chi connectivity index (χ4v) is 2.99. The molecule has 2 aromatic rings. The van der Waals surface area contributed by atoms with Crippen LogP contribution >= 0.6 is 0 Å². The van der Waals surface area contributed by atoms with E-state index in [4.69, 9.17) is 5.73 Å². The summed E-state index contributed by atoms with van der Waals surface area (Å²) >= 11 is 0. The number of carbonyl (C=O) groups excluding carboxylic acids is 2. The third-order valence-corrected chi connectivity index (χ3v) is 4.35. The highest BCUT2D eigenvalue weighted by atomic mass is 16.2. The molecule has 0 radical (unpaired) electrons. The van der Waals surface area contributed by atoms with Crippen molar-refractivity contribution in [2.45, 2.75) is 31.7 Å².